The summed E-state index contributed by atoms with van der Waals surface area (Å²) >= 11 is 0. The minimum atomic E-state index is 0.901. The smallest absolute Gasteiger partial charge is 0.0940 e. The summed E-state index contributed by atoms with van der Waals surface area (Å²) in [6, 6.07) is 0. The molecule has 28 heavy (non-hydrogen) atoms. The molecule has 0 spiro atoms. The maximum Gasteiger partial charge on any atom is 0.0940 e. The lowest BCUT2D eigenvalue weighted by Crippen LogP contribution is -2.13. The maximum atomic E-state index is 5.85. The van der Waals surface area contributed by atoms with Gasteiger partial charge in [0.25, 0.3) is 0 Å². The van der Waals surface area contributed by atoms with E-state index in [1.807, 2.05) is 0 Å². The van der Waals surface area contributed by atoms with E-state index in [1.165, 1.54) is 128 Å². The number of hydrogen-bond donors (Lipinski definition) is 0. The van der Waals surface area contributed by atoms with Gasteiger partial charge in [-0.05, 0) is 46.8 Å². The Morgan fingerprint density at radius 1 is 0.571 bits per heavy atom. The highest BCUT2D eigenvalue weighted by Gasteiger charge is 2.03. The molecule has 0 N–H and O–H groups in total. The molecule has 0 aromatic heterocycles. The van der Waals surface area contributed by atoms with Gasteiger partial charge in [0.1, 0.15) is 0 Å². The second kappa shape index (κ2) is 23.2. The molecule has 0 amide bonds. The van der Waals surface area contributed by atoms with Gasteiger partial charge in [-0.2, -0.15) is 0 Å². The van der Waals surface area contributed by atoms with Gasteiger partial charge in [-0.25, -0.2) is 0 Å². The minimum absolute atomic E-state index is 0.901. The molecule has 0 aliphatic rings. The Morgan fingerprint density at radius 2 is 1.00 bits per heavy atom. The van der Waals surface area contributed by atoms with Gasteiger partial charge in [0, 0.05) is 6.61 Å². The predicted molar refractivity (Wildman–Crippen MR) is 127 cm³/mol. The van der Waals surface area contributed by atoms with Crippen molar-refractivity contribution in [3.63, 3.8) is 0 Å². The molecule has 1 radical (unpaired) electrons. The monoisotopic (exact) mass is 396 g/mol. The second-order valence-electron chi connectivity index (χ2n) is 9.11. The minimum Gasteiger partial charge on any atom is -0.372 e. The van der Waals surface area contributed by atoms with Gasteiger partial charge in [-0.1, -0.05) is 110 Å². The Morgan fingerprint density at radius 3 is 1.43 bits per heavy atom. The molecule has 0 aliphatic heterocycles. The fraction of sp³-hybridized carbons (Fsp3) is 0.962. The SMILES string of the molecule is CCCCCCCCCCCCCCCCCC[C](C)OCCCCN(C)C. The molecule has 0 aromatic rings. The summed E-state index contributed by atoms with van der Waals surface area (Å²) in [7, 11) is 4.27. The van der Waals surface area contributed by atoms with E-state index in [4.69, 9.17) is 4.74 Å². The first-order chi connectivity index (χ1) is 13.7. The third-order valence-electron chi connectivity index (χ3n) is 5.73. The van der Waals surface area contributed by atoms with Crippen LogP contribution in [0, 0.1) is 6.10 Å². The quantitative estimate of drug-likeness (QED) is 0.160. The zero-order valence-electron chi connectivity index (χ0n) is 20.2. The highest BCUT2D eigenvalue weighted by Crippen LogP contribution is 2.16. The molecule has 0 fully saturated rings. The van der Waals surface area contributed by atoms with E-state index >= 15 is 0 Å². The number of rotatable bonds is 23. The van der Waals surface area contributed by atoms with Crippen LogP contribution < -0.4 is 0 Å². The molecule has 0 heterocycles. The summed E-state index contributed by atoms with van der Waals surface area (Å²) < 4.78 is 5.85. The summed E-state index contributed by atoms with van der Waals surface area (Å²) in [5.74, 6) is 0. The third kappa shape index (κ3) is 24.0. The highest BCUT2D eigenvalue weighted by atomic mass is 16.5. The van der Waals surface area contributed by atoms with Crippen molar-refractivity contribution in [2.24, 2.45) is 0 Å². The van der Waals surface area contributed by atoms with E-state index < -0.39 is 0 Å². The topological polar surface area (TPSA) is 12.5 Å². The fourth-order valence-corrected chi connectivity index (χ4v) is 3.77. The predicted octanol–water partition coefficient (Wildman–Crippen LogP) is 8.55. The average Bonchev–Trinajstić information content (AvgIpc) is 2.67. The van der Waals surface area contributed by atoms with Crippen molar-refractivity contribution in [1.82, 2.24) is 4.90 Å². The lowest BCUT2D eigenvalue weighted by atomic mass is 10.0. The molecular formula is C26H54NO. The molecule has 0 saturated heterocycles. The molecule has 0 aliphatic carbocycles. The van der Waals surface area contributed by atoms with Gasteiger partial charge in [0.05, 0.1) is 6.10 Å². The van der Waals surface area contributed by atoms with E-state index in [2.05, 4.69) is 32.8 Å². The van der Waals surface area contributed by atoms with Crippen LogP contribution in [0.4, 0.5) is 0 Å². The third-order valence-corrected chi connectivity index (χ3v) is 5.73. The van der Waals surface area contributed by atoms with Crippen molar-refractivity contribution >= 4 is 0 Å². The van der Waals surface area contributed by atoms with Crippen molar-refractivity contribution in [1.29, 1.82) is 0 Å². The van der Waals surface area contributed by atoms with Crippen LogP contribution in [0.5, 0.6) is 0 Å². The van der Waals surface area contributed by atoms with Crippen LogP contribution in [0.3, 0.4) is 0 Å². The lowest BCUT2D eigenvalue weighted by Gasteiger charge is -2.13. The number of nitrogens with zero attached hydrogens (tertiary/aromatic N) is 1. The molecule has 0 saturated carbocycles. The van der Waals surface area contributed by atoms with E-state index in [9.17, 15) is 0 Å². The normalized spacial score (nSPS) is 11.8. The van der Waals surface area contributed by atoms with Crippen LogP contribution in [0.25, 0.3) is 0 Å². The summed E-state index contributed by atoms with van der Waals surface area (Å²) in [6.07, 6.45) is 27.8. The molecule has 0 aromatic carbocycles. The van der Waals surface area contributed by atoms with Crippen LogP contribution in [-0.4, -0.2) is 32.1 Å². The van der Waals surface area contributed by atoms with Gasteiger partial charge >= 0.3 is 0 Å². The summed E-state index contributed by atoms with van der Waals surface area (Å²) in [5.41, 5.74) is 0. The molecule has 2 nitrogen and oxygen atoms in total. The van der Waals surface area contributed by atoms with Gasteiger partial charge < -0.3 is 9.64 Å². The molecule has 0 unspecified atom stereocenters. The van der Waals surface area contributed by atoms with Crippen LogP contribution in [0.15, 0.2) is 0 Å². The van der Waals surface area contributed by atoms with Crippen molar-refractivity contribution in [2.45, 2.75) is 136 Å². The Balaban J connectivity index is 3.11. The van der Waals surface area contributed by atoms with Crippen molar-refractivity contribution in [3.8, 4) is 0 Å². The molecule has 0 rings (SSSR count). The number of hydrogen-bond acceptors (Lipinski definition) is 2. The summed E-state index contributed by atoms with van der Waals surface area (Å²) in [6.45, 7) is 6.53. The number of unbranched alkanes of at least 4 members (excludes halogenated alkanes) is 16. The van der Waals surface area contributed by atoms with Crippen LogP contribution in [0.2, 0.25) is 0 Å². The first-order valence-corrected chi connectivity index (χ1v) is 12.8. The Bertz CT molecular complexity index is 280. The number of ether oxygens (including phenoxy) is 1. The van der Waals surface area contributed by atoms with Gasteiger partial charge in [0.15, 0.2) is 0 Å². The first-order valence-electron chi connectivity index (χ1n) is 12.8. The van der Waals surface area contributed by atoms with Crippen LogP contribution in [0.1, 0.15) is 136 Å². The first kappa shape index (κ1) is 27.9. The second-order valence-corrected chi connectivity index (χ2v) is 9.11. The van der Waals surface area contributed by atoms with Crippen molar-refractivity contribution < 1.29 is 4.74 Å². The Hall–Kier alpha value is -0.0800. The fourth-order valence-electron chi connectivity index (χ4n) is 3.77. The summed E-state index contributed by atoms with van der Waals surface area (Å²) in [5, 5.41) is 0. The van der Waals surface area contributed by atoms with Crippen molar-refractivity contribution in [2.75, 3.05) is 27.2 Å². The van der Waals surface area contributed by atoms with Gasteiger partial charge in [0.2, 0.25) is 0 Å². The van der Waals surface area contributed by atoms with Crippen molar-refractivity contribution in [3.05, 3.63) is 6.10 Å². The lowest BCUT2D eigenvalue weighted by molar-refractivity contribution is 0.134. The maximum absolute atomic E-state index is 5.85. The van der Waals surface area contributed by atoms with E-state index in [1.54, 1.807) is 0 Å². The molecular weight excluding hydrogens is 342 g/mol. The zero-order valence-corrected chi connectivity index (χ0v) is 20.2. The largest absolute Gasteiger partial charge is 0.372 e. The highest BCUT2D eigenvalue weighted by molar-refractivity contribution is 4.70. The Kier molecular flexibility index (Phi) is 23.1. The van der Waals surface area contributed by atoms with Crippen LogP contribution >= 0.6 is 0 Å². The molecule has 0 bridgehead atoms. The van der Waals surface area contributed by atoms with Gasteiger partial charge in [-0.3, -0.25) is 0 Å². The summed E-state index contributed by atoms with van der Waals surface area (Å²) in [4.78, 5) is 2.24. The van der Waals surface area contributed by atoms with E-state index in [-0.39, 0.29) is 0 Å². The van der Waals surface area contributed by atoms with E-state index in [0.717, 1.165) is 13.0 Å². The van der Waals surface area contributed by atoms with Crippen LogP contribution in [-0.2, 0) is 4.74 Å². The Labute approximate surface area is 179 Å². The van der Waals surface area contributed by atoms with Gasteiger partial charge in [-0.15, -0.1) is 0 Å². The van der Waals surface area contributed by atoms with E-state index in [0.29, 0.717) is 0 Å². The zero-order chi connectivity index (χ0) is 20.7. The molecule has 2 heteroatoms. The standard InChI is InChI=1S/C26H54NO/c1-5-6-7-8-9-10-11-12-13-14-15-16-17-18-19-20-23-26(2)28-25-22-21-24-27(3)4/h5-25H2,1-4H3. The molecule has 169 valence electrons. The molecule has 0 atom stereocenters. The average molecular weight is 397 g/mol.